The molecule has 0 radical (unpaired) electrons. The van der Waals surface area contributed by atoms with Crippen molar-refractivity contribution in [3.05, 3.63) is 63.5 Å². The zero-order valence-electron chi connectivity index (χ0n) is 13.5. The molecule has 0 aromatic heterocycles. The molecule has 6 nitrogen and oxygen atoms in total. The third-order valence-electron chi connectivity index (χ3n) is 4.74. The maximum absolute atomic E-state index is 12.2. The summed E-state index contributed by atoms with van der Waals surface area (Å²) in [6, 6.07) is 12.9. The summed E-state index contributed by atoms with van der Waals surface area (Å²) >= 11 is 6.17. The maximum atomic E-state index is 12.2. The molecule has 0 amide bonds. The van der Waals surface area contributed by atoms with Gasteiger partial charge in [-0.3, -0.25) is 0 Å². The number of hydrogen-bond donors (Lipinski definition) is 1. The van der Waals surface area contributed by atoms with Gasteiger partial charge in [0.1, 0.15) is 5.84 Å². The van der Waals surface area contributed by atoms with Gasteiger partial charge < -0.3 is 15.4 Å². The molecule has 0 saturated carbocycles. The van der Waals surface area contributed by atoms with Crippen LogP contribution < -0.4 is 10.6 Å². The lowest BCUT2D eigenvalue weighted by molar-refractivity contribution is 0.122. The Morgan fingerprint density at radius 3 is 2.68 bits per heavy atom. The quantitative estimate of drug-likeness (QED) is 0.856. The number of morpholine rings is 1. The maximum Gasteiger partial charge on any atom is 0.213 e. The normalized spacial score (nSPS) is 22.4. The summed E-state index contributed by atoms with van der Waals surface area (Å²) in [7, 11) is 0. The van der Waals surface area contributed by atoms with Crippen LogP contribution in [-0.4, -0.2) is 32.1 Å². The highest BCUT2D eigenvalue weighted by Gasteiger charge is 2.48. The van der Waals surface area contributed by atoms with E-state index in [1.807, 2.05) is 24.3 Å². The van der Waals surface area contributed by atoms with Crippen molar-refractivity contribution < 1.29 is 4.74 Å². The molecule has 2 N–H and O–H groups in total. The molecule has 2 heterocycles. The third kappa shape index (κ3) is 2.41. The van der Waals surface area contributed by atoms with Gasteiger partial charge in [-0.25, -0.2) is 4.99 Å². The van der Waals surface area contributed by atoms with Crippen molar-refractivity contribution in [1.29, 1.82) is 0 Å². The minimum atomic E-state index is -1.37. The number of nitroso groups, excluding NO2 is 1. The number of aliphatic imine (C=N–C) groups is 1. The summed E-state index contributed by atoms with van der Waals surface area (Å²) in [5.41, 5.74) is 7.73. The Balaban J connectivity index is 1.93. The van der Waals surface area contributed by atoms with Crippen LogP contribution in [0.4, 0.5) is 11.4 Å². The number of ether oxygens (including phenoxy) is 1. The Bertz CT molecular complexity index is 864. The fourth-order valence-electron chi connectivity index (χ4n) is 3.53. The van der Waals surface area contributed by atoms with Gasteiger partial charge >= 0.3 is 0 Å². The van der Waals surface area contributed by atoms with E-state index in [-0.39, 0.29) is 5.84 Å². The SMILES string of the molecule is NC1=Nc2ccc(Cl)cc2C1(N=O)c1ccccc1N1CCOCC1. The molecule has 0 aliphatic carbocycles. The van der Waals surface area contributed by atoms with Crippen LogP contribution in [-0.2, 0) is 10.3 Å². The minimum absolute atomic E-state index is 0.167. The Morgan fingerprint density at radius 2 is 1.92 bits per heavy atom. The fourth-order valence-corrected chi connectivity index (χ4v) is 3.70. The topological polar surface area (TPSA) is 80.3 Å². The smallest absolute Gasteiger partial charge is 0.213 e. The monoisotopic (exact) mass is 356 g/mol. The number of halogens is 1. The lowest BCUT2D eigenvalue weighted by Gasteiger charge is -2.34. The zero-order chi connectivity index (χ0) is 17.4. The van der Waals surface area contributed by atoms with E-state index in [2.05, 4.69) is 15.1 Å². The van der Waals surface area contributed by atoms with Gasteiger partial charge in [0.05, 0.1) is 18.9 Å². The molecular formula is C18H17ClN4O2. The minimum Gasteiger partial charge on any atom is -0.384 e. The summed E-state index contributed by atoms with van der Waals surface area (Å²) in [6.45, 7) is 2.76. The zero-order valence-corrected chi connectivity index (χ0v) is 14.2. The van der Waals surface area contributed by atoms with Crippen LogP contribution in [0.3, 0.4) is 0 Å². The molecular weight excluding hydrogens is 340 g/mol. The highest BCUT2D eigenvalue weighted by atomic mass is 35.5. The third-order valence-corrected chi connectivity index (χ3v) is 4.98. The number of hydrogen-bond acceptors (Lipinski definition) is 6. The van der Waals surface area contributed by atoms with E-state index in [9.17, 15) is 4.91 Å². The van der Waals surface area contributed by atoms with E-state index in [1.54, 1.807) is 18.2 Å². The van der Waals surface area contributed by atoms with Crippen molar-refractivity contribution in [2.75, 3.05) is 31.2 Å². The Morgan fingerprint density at radius 1 is 1.16 bits per heavy atom. The van der Waals surface area contributed by atoms with Crippen molar-refractivity contribution in [1.82, 2.24) is 0 Å². The van der Waals surface area contributed by atoms with Gasteiger partial charge in [0.2, 0.25) is 5.54 Å². The van der Waals surface area contributed by atoms with Crippen LogP contribution in [0.1, 0.15) is 11.1 Å². The molecule has 7 heteroatoms. The van der Waals surface area contributed by atoms with Crippen LogP contribution in [0, 0.1) is 4.91 Å². The molecule has 2 aliphatic rings. The first-order chi connectivity index (χ1) is 12.2. The summed E-state index contributed by atoms with van der Waals surface area (Å²) in [5.74, 6) is 0.167. The average molecular weight is 357 g/mol. The number of nitrogens with zero attached hydrogens (tertiary/aromatic N) is 3. The predicted molar refractivity (Wildman–Crippen MR) is 98.8 cm³/mol. The fraction of sp³-hybridized carbons (Fsp3) is 0.278. The first kappa shape index (κ1) is 16.1. The van der Waals surface area contributed by atoms with E-state index >= 15 is 0 Å². The summed E-state index contributed by atoms with van der Waals surface area (Å²) in [5, 5.41) is 4.00. The van der Waals surface area contributed by atoms with Gasteiger partial charge in [-0.05, 0) is 29.4 Å². The van der Waals surface area contributed by atoms with Gasteiger partial charge in [0.25, 0.3) is 0 Å². The van der Waals surface area contributed by atoms with Crippen molar-refractivity contribution in [3.8, 4) is 0 Å². The van der Waals surface area contributed by atoms with Crippen molar-refractivity contribution in [2.45, 2.75) is 5.54 Å². The summed E-state index contributed by atoms with van der Waals surface area (Å²) < 4.78 is 5.44. The largest absolute Gasteiger partial charge is 0.384 e. The summed E-state index contributed by atoms with van der Waals surface area (Å²) in [4.78, 5) is 18.7. The molecule has 0 bridgehead atoms. The lowest BCUT2D eigenvalue weighted by atomic mass is 9.82. The Kier molecular flexibility index (Phi) is 3.94. The number of benzene rings is 2. The number of anilines is 1. The molecule has 128 valence electrons. The predicted octanol–water partition coefficient (Wildman–Crippen LogP) is 3.19. The molecule has 1 fully saturated rings. The van der Waals surface area contributed by atoms with Crippen LogP contribution in [0.15, 0.2) is 52.6 Å². The van der Waals surface area contributed by atoms with E-state index in [0.29, 0.717) is 35.1 Å². The van der Waals surface area contributed by atoms with Crippen molar-refractivity contribution >= 4 is 28.8 Å². The second kappa shape index (κ2) is 6.13. The van der Waals surface area contributed by atoms with Gasteiger partial charge in [-0.2, -0.15) is 0 Å². The average Bonchev–Trinajstić information content (AvgIpc) is 2.94. The van der Waals surface area contributed by atoms with Crippen LogP contribution in [0.5, 0.6) is 0 Å². The number of amidine groups is 1. The van der Waals surface area contributed by atoms with E-state index in [0.717, 1.165) is 18.8 Å². The molecule has 0 spiro atoms. The van der Waals surface area contributed by atoms with E-state index in [1.165, 1.54) is 0 Å². The number of rotatable bonds is 3. The van der Waals surface area contributed by atoms with E-state index in [4.69, 9.17) is 22.1 Å². The van der Waals surface area contributed by atoms with Gasteiger partial charge in [-0.1, -0.05) is 29.8 Å². The van der Waals surface area contributed by atoms with Crippen LogP contribution in [0.2, 0.25) is 5.02 Å². The van der Waals surface area contributed by atoms with Crippen molar-refractivity contribution in [3.63, 3.8) is 0 Å². The first-order valence-corrected chi connectivity index (χ1v) is 8.46. The molecule has 2 aromatic rings. The molecule has 1 unspecified atom stereocenters. The number of fused-ring (bicyclic) bond motifs is 1. The van der Waals surface area contributed by atoms with Crippen LogP contribution in [0.25, 0.3) is 0 Å². The standard InChI is InChI=1S/C18H17ClN4O2/c19-12-5-6-15-14(11-12)18(22-24,17(20)21-15)13-3-1-2-4-16(13)23-7-9-25-10-8-23/h1-6,11H,7-10H2,(H2,20,21). The summed E-state index contributed by atoms with van der Waals surface area (Å²) in [6.07, 6.45) is 0. The van der Waals surface area contributed by atoms with Crippen molar-refractivity contribution in [2.24, 2.45) is 15.9 Å². The molecule has 2 aliphatic heterocycles. The second-order valence-electron chi connectivity index (χ2n) is 6.08. The number of nitrogens with two attached hydrogens (primary N) is 1. The molecule has 25 heavy (non-hydrogen) atoms. The van der Waals surface area contributed by atoms with Crippen LogP contribution >= 0.6 is 11.6 Å². The van der Waals surface area contributed by atoms with E-state index < -0.39 is 5.54 Å². The highest BCUT2D eigenvalue weighted by Crippen LogP contribution is 2.48. The van der Waals surface area contributed by atoms with Gasteiger partial charge in [0.15, 0.2) is 0 Å². The molecule has 2 aromatic carbocycles. The number of para-hydroxylation sites is 1. The molecule has 4 rings (SSSR count). The molecule has 1 saturated heterocycles. The highest BCUT2D eigenvalue weighted by molar-refractivity contribution is 6.30. The Hall–Kier alpha value is -2.44. The second-order valence-corrected chi connectivity index (χ2v) is 6.51. The van der Waals surface area contributed by atoms with Gasteiger partial charge in [0, 0.05) is 34.9 Å². The Labute approximate surface area is 150 Å². The lowest BCUT2D eigenvalue weighted by Crippen LogP contribution is -2.42. The van der Waals surface area contributed by atoms with Gasteiger partial charge in [-0.15, -0.1) is 4.91 Å². The molecule has 1 atom stereocenters. The first-order valence-electron chi connectivity index (χ1n) is 8.08.